The number of nitrogens with zero attached hydrogens (tertiary/aromatic N) is 4. The topological polar surface area (TPSA) is 47.7 Å². The molecule has 5 nitrogen and oxygen atoms in total. The van der Waals surface area contributed by atoms with Crippen molar-refractivity contribution in [3.63, 3.8) is 0 Å². The lowest BCUT2D eigenvalue weighted by atomic mass is 10.2. The molecule has 1 N–H and O–H groups in total. The van der Waals surface area contributed by atoms with E-state index < -0.39 is 0 Å². The lowest BCUT2D eigenvalue weighted by Gasteiger charge is -2.15. The molecule has 0 spiro atoms. The fourth-order valence-electron chi connectivity index (χ4n) is 2.91. The summed E-state index contributed by atoms with van der Waals surface area (Å²) in [4.78, 5) is 4.46. The summed E-state index contributed by atoms with van der Waals surface area (Å²) in [6.07, 6.45) is 12.1. The van der Waals surface area contributed by atoms with Gasteiger partial charge in [-0.05, 0) is 19.3 Å². The number of aromatic nitrogens is 4. The molecule has 0 aromatic carbocycles. The number of rotatable bonds is 4. The summed E-state index contributed by atoms with van der Waals surface area (Å²) >= 11 is 0. The molecule has 19 heavy (non-hydrogen) atoms. The molecule has 2 aromatic heterocycles. The number of hydrogen-bond acceptors (Lipinski definition) is 3. The average Bonchev–Trinajstić information content (AvgIpc) is 3.09. The van der Waals surface area contributed by atoms with Crippen molar-refractivity contribution in [1.29, 1.82) is 0 Å². The molecule has 102 valence electrons. The van der Waals surface area contributed by atoms with E-state index in [4.69, 9.17) is 0 Å². The van der Waals surface area contributed by atoms with Gasteiger partial charge in [-0.2, -0.15) is 5.10 Å². The molecule has 1 fully saturated rings. The van der Waals surface area contributed by atoms with Crippen molar-refractivity contribution in [3.8, 4) is 0 Å². The summed E-state index contributed by atoms with van der Waals surface area (Å²) < 4.78 is 4.13. The first-order valence-corrected chi connectivity index (χ1v) is 7.10. The molecule has 0 atom stereocenters. The quantitative estimate of drug-likeness (QED) is 0.918. The smallest absolute Gasteiger partial charge is 0.207 e. The van der Waals surface area contributed by atoms with E-state index in [1.807, 2.05) is 24.1 Å². The van der Waals surface area contributed by atoms with Crippen LogP contribution >= 0.6 is 0 Å². The maximum absolute atomic E-state index is 4.46. The fraction of sp³-hybridized carbons (Fsp3) is 0.571. The molecular weight excluding hydrogens is 238 g/mol. The van der Waals surface area contributed by atoms with E-state index in [9.17, 15) is 0 Å². The second kappa shape index (κ2) is 5.07. The second-order valence-corrected chi connectivity index (χ2v) is 5.24. The summed E-state index contributed by atoms with van der Waals surface area (Å²) in [6, 6.07) is 0.603. The van der Waals surface area contributed by atoms with Crippen LogP contribution in [0.25, 0.3) is 0 Å². The highest BCUT2D eigenvalue weighted by Gasteiger charge is 2.19. The molecule has 1 aliphatic rings. The van der Waals surface area contributed by atoms with Crippen LogP contribution in [0.5, 0.6) is 0 Å². The third-order valence-corrected chi connectivity index (χ3v) is 3.87. The van der Waals surface area contributed by atoms with Crippen molar-refractivity contribution in [2.45, 2.75) is 45.1 Å². The minimum absolute atomic E-state index is 0.603. The van der Waals surface area contributed by atoms with Gasteiger partial charge < -0.3 is 9.88 Å². The summed E-state index contributed by atoms with van der Waals surface area (Å²) in [5.74, 6) is 0.939. The van der Waals surface area contributed by atoms with Gasteiger partial charge in [0.15, 0.2) is 0 Å². The molecule has 0 saturated heterocycles. The third kappa shape index (κ3) is 2.37. The Morgan fingerprint density at radius 2 is 2.16 bits per heavy atom. The summed E-state index contributed by atoms with van der Waals surface area (Å²) in [5.41, 5.74) is 2.15. The van der Waals surface area contributed by atoms with Gasteiger partial charge in [0.25, 0.3) is 0 Å². The SMILES string of the molecule is CCc1nn(C)cc1Nc1nccn1C1CCCC1. The van der Waals surface area contributed by atoms with Gasteiger partial charge in [-0.15, -0.1) is 0 Å². The predicted molar refractivity (Wildman–Crippen MR) is 75.6 cm³/mol. The minimum Gasteiger partial charge on any atom is -0.323 e. The third-order valence-electron chi connectivity index (χ3n) is 3.87. The van der Waals surface area contributed by atoms with E-state index in [-0.39, 0.29) is 0 Å². The molecule has 0 radical (unpaired) electrons. The highest BCUT2D eigenvalue weighted by atomic mass is 15.3. The van der Waals surface area contributed by atoms with Gasteiger partial charge in [0, 0.05) is 31.7 Å². The molecule has 2 aromatic rings. The van der Waals surface area contributed by atoms with E-state index in [0.717, 1.165) is 23.8 Å². The Morgan fingerprint density at radius 1 is 1.37 bits per heavy atom. The number of aryl methyl sites for hydroxylation is 2. The van der Waals surface area contributed by atoms with Crippen molar-refractivity contribution in [2.24, 2.45) is 7.05 Å². The molecule has 0 unspecified atom stereocenters. The van der Waals surface area contributed by atoms with E-state index in [1.54, 1.807) is 0 Å². The van der Waals surface area contributed by atoms with Crippen LogP contribution in [-0.4, -0.2) is 19.3 Å². The lowest BCUT2D eigenvalue weighted by Crippen LogP contribution is -2.08. The van der Waals surface area contributed by atoms with Gasteiger partial charge in [-0.1, -0.05) is 19.8 Å². The second-order valence-electron chi connectivity index (χ2n) is 5.24. The van der Waals surface area contributed by atoms with Gasteiger partial charge in [-0.3, -0.25) is 4.68 Å². The molecule has 3 rings (SSSR count). The Hall–Kier alpha value is -1.78. The van der Waals surface area contributed by atoms with Gasteiger partial charge >= 0.3 is 0 Å². The van der Waals surface area contributed by atoms with E-state index in [0.29, 0.717) is 6.04 Å². The number of nitrogens with one attached hydrogen (secondary N) is 1. The van der Waals surface area contributed by atoms with Crippen molar-refractivity contribution in [3.05, 3.63) is 24.3 Å². The summed E-state index contributed by atoms with van der Waals surface area (Å²) in [6.45, 7) is 2.12. The van der Waals surface area contributed by atoms with E-state index in [1.165, 1.54) is 25.7 Å². The first-order valence-electron chi connectivity index (χ1n) is 7.10. The Labute approximate surface area is 113 Å². The molecular formula is C14H21N5. The van der Waals surface area contributed by atoms with Crippen LogP contribution in [0.2, 0.25) is 0 Å². The highest BCUT2D eigenvalue weighted by molar-refractivity contribution is 5.55. The van der Waals surface area contributed by atoms with Crippen LogP contribution in [0.4, 0.5) is 11.6 Å². The molecule has 0 bridgehead atoms. The Morgan fingerprint density at radius 3 is 2.89 bits per heavy atom. The Kier molecular flexibility index (Phi) is 3.27. The van der Waals surface area contributed by atoms with Crippen LogP contribution in [-0.2, 0) is 13.5 Å². The van der Waals surface area contributed by atoms with Crippen LogP contribution in [0.15, 0.2) is 18.6 Å². The molecule has 2 heterocycles. The Bertz CT molecular complexity index is 548. The first kappa shape index (κ1) is 12.3. The van der Waals surface area contributed by atoms with Crippen molar-refractivity contribution < 1.29 is 0 Å². The van der Waals surface area contributed by atoms with Gasteiger partial charge in [0.2, 0.25) is 5.95 Å². The minimum atomic E-state index is 0.603. The van der Waals surface area contributed by atoms with Crippen molar-refractivity contribution in [2.75, 3.05) is 5.32 Å². The standard InChI is InChI=1S/C14H21N5/c1-3-12-13(10-18(2)17-12)16-14-15-8-9-19(14)11-6-4-5-7-11/h8-11H,3-7H2,1-2H3,(H,15,16). The lowest BCUT2D eigenvalue weighted by molar-refractivity contribution is 0.525. The number of imidazole rings is 1. The highest BCUT2D eigenvalue weighted by Crippen LogP contribution is 2.32. The van der Waals surface area contributed by atoms with Crippen LogP contribution in [0, 0.1) is 0 Å². The van der Waals surface area contributed by atoms with Crippen LogP contribution in [0.1, 0.15) is 44.3 Å². The normalized spacial score (nSPS) is 16.1. The summed E-state index contributed by atoms with van der Waals surface area (Å²) in [5, 5.41) is 7.89. The van der Waals surface area contributed by atoms with Crippen LogP contribution < -0.4 is 5.32 Å². The van der Waals surface area contributed by atoms with Gasteiger partial charge in [0.1, 0.15) is 0 Å². The molecule has 1 aliphatic carbocycles. The number of hydrogen-bond donors (Lipinski definition) is 1. The molecule has 1 saturated carbocycles. The zero-order valence-corrected chi connectivity index (χ0v) is 11.6. The average molecular weight is 259 g/mol. The van der Waals surface area contributed by atoms with Gasteiger partial charge in [-0.25, -0.2) is 4.98 Å². The summed E-state index contributed by atoms with van der Waals surface area (Å²) in [7, 11) is 1.95. The van der Waals surface area contributed by atoms with Crippen LogP contribution in [0.3, 0.4) is 0 Å². The first-order chi connectivity index (χ1) is 9.28. The Balaban J connectivity index is 1.84. The maximum atomic E-state index is 4.46. The molecule has 0 amide bonds. The molecule has 0 aliphatic heterocycles. The van der Waals surface area contributed by atoms with E-state index >= 15 is 0 Å². The zero-order valence-electron chi connectivity index (χ0n) is 11.6. The predicted octanol–water partition coefficient (Wildman–Crippen LogP) is 3.04. The largest absolute Gasteiger partial charge is 0.323 e. The van der Waals surface area contributed by atoms with Crippen molar-refractivity contribution in [1.82, 2.24) is 19.3 Å². The van der Waals surface area contributed by atoms with E-state index in [2.05, 4.69) is 33.1 Å². The van der Waals surface area contributed by atoms with Crippen molar-refractivity contribution >= 4 is 11.6 Å². The fourth-order valence-corrected chi connectivity index (χ4v) is 2.91. The van der Waals surface area contributed by atoms with Gasteiger partial charge in [0.05, 0.1) is 11.4 Å². The maximum Gasteiger partial charge on any atom is 0.207 e. The number of anilines is 2. The molecule has 5 heteroatoms. The zero-order chi connectivity index (χ0) is 13.2. The monoisotopic (exact) mass is 259 g/mol.